The van der Waals surface area contributed by atoms with Crippen LogP contribution in [0.15, 0.2) is 6.20 Å². The van der Waals surface area contributed by atoms with Gasteiger partial charge in [0.15, 0.2) is 5.69 Å². The Labute approximate surface area is 86.6 Å². The second-order valence-corrected chi connectivity index (χ2v) is 2.90. The zero-order chi connectivity index (χ0) is 11.6. The number of anilines is 1. The van der Waals surface area contributed by atoms with Crippen molar-refractivity contribution in [3.05, 3.63) is 17.5 Å². The molecule has 15 heavy (non-hydrogen) atoms. The van der Waals surface area contributed by atoms with E-state index in [4.69, 9.17) is 5.73 Å². The fourth-order valence-corrected chi connectivity index (χ4v) is 1.27. The summed E-state index contributed by atoms with van der Waals surface area (Å²) in [6.07, 6.45) is 1.42. The molecular formula is C9H12N2O4. The summed E-state index contributed by atoms with van der Waals surface area (Å²) < 4.78 is 10.5. The van der Waals surface area contributed by atoms with Crippen LogP contribution in [0.4, 0.5) is 5.69 Å². The Bertz CT molecular complexity index is 408. The molecule has 6 heteroatoms. The van der Waals surface area contributed by atoms with E-state index in [9.17, 15) is 9.59 Å². The number of carbonyl (C=O) groups excluding carboxylic acids is 2. The monoisotopic (exact) mass is 212 g/mol. The highest BCUT2D eigenvalue weighted by Gasteiger charge is 2.22. The molecule has 0 aliphatic carbocycles. The molecule has 0 atom stereocenters. The molecule has 0 aliphatic rings. The van der Waals surface area contributed by atoms with Gasteiger partial charge in [-0.25, -0.2) is 9.59 Å². The van der Waals surface area contributed by atoms with Gasteiger partial charge in [-0.15, -0.1) is 0 Å². The number of rotatable bonds is 2. The highest BCUT2D eigenvalue weighted by Crippen LogP contribution is 2.20. The highest BCUT2D eigenvalue weighted by atomic mass is 16.5. The van der Waals surface area contributed by atoms with E-state index in [-0.39, 0.29) is 16.9 Å². The average molecular weight is 212 g/mol. The van der Waals surface area contributed by atoms with E-state index in [0.717, 1.165) is 0 Å². The maximum absolute atomic E-state index is 11.3. The zero-order valence-electron chi connectivity index (χ0n) is 8.73. The van der Waals surface area contributed by atoms with E-state index in [2.05, 4.69) is 9.47 Å². The second kappa shape index (κ2) is 4.04. The number of carbonyl (C=O) groups is 2. The summed E-state index contributed by atoms with van der Waals surface area (Å²) >= 11 is 0. The number of nitrogen functional groups attached to an aromatic ring is 1. The van der Waals surface area contributed by atoms with Gasteiger partial charge >= 0.3 is 11.9 Å². The van der Waals surface area contributed by atoms with Crippen LogP contribution in [0.5, 0.6) is 0 Å². The number of methoxy groups -OCH3 is 2. The van der Waals surface area contributed by atoms with Crippen molar-refractivity contribution in [3.63, 3.8) is 0 Å². The minimum atomic E-state index is -0.592. The maximum Gasteiger partial charge on any atom is 0.356 e. The first-order chi connectivity index (χ1) is 7.02. The van der Waals surface area contributed by atoms with Crippen LogP contribution in [-0.2, 0) is 16.5 Å². The Morgan fingerprint density at radius 2 is 1.80 bits per heavy atom. The van der Waals surface area contributed by atoms with Gasteiger partial charge in [0.2, 0.25) is 0 Å². The summed E-state index contributed by atoms with van der Waals surface area (Å²) in [6.45, 7) is 0. The van der Waals surface area contributed by atoms with Crippen LogP contribution < -0.4 is 5.73 Å². The molecule has 2 N–H and O–H groups in total. The summed E-state index contributed by atoms with van der Waals surface area (Å²) in [5, 5.41) is 0. The van der Waals surface area contributed by atoms with Crippen molar-refractivity contribution in [1.29, 1.82) is 0 Å². The molecule has 0 spiro atoms. The Hall–Kier alpha value is -1.98. The first kappa shape index (κ1) is 11.1. The molecule has 0 radical (unpaired) electrons. The number of hydrogen-bond donors (Lipinski definition) is 1. The van der Waals surface area contributed by atoms with Gasteiger partial charge in [-0.05, 0) is 0 Å². The average Bonchev–Trinajstić information content (AvgIpc) is 2.52. The van der Waals surface area contributed by atoms with Crippen molar-refractivity contribution in [2.75, 3.05) is 20.0 Å². The number of aromatic nitrogens is 1. The molecule has 0 amide bonds. The molecule has 1 rings (SSSR count). The van der Waals surface area contributed by atoms with Gasteiger partial charge in [0, 0.05) is 13.2 Å². The number of ether oxygens (including phenoxy) is 2. The van der Waals surface area contributed by atoms with Gasteiger partial charge in [0.05, 0.1) is 19.9 Å². The molecule has 0 fully saturated rings. The standard InChI is InChI=1S/C9H12N2O4/c1-11-4-5(8(12)14-2)6(10)7(11)9(13)15-3/h4H,10H2,1-3H3. The number of esters is 2. The third-order valence-corrected chi connectivity index (χ3v) is 2.00. The fourth-order valence-electron chi connectivity index (χ4n) is 1.27. The van der Waals surface area contributed by atoms with Crippen LogP contribution in [-0.4, -0.2) is 30.7 Å². The van der Waals surface area contributed by atoms with Gasteiger partial charge < -0.3 is 19.8 Å². The molecule has 1 aromatic rings. The predicted molar refractivity (Wildman–Crippen MR) is 52.5 cm³/mol. The lowest BCUT2D eigenvalue weighted by atomic mass is 10.2. The number of nitrogens with zero attached hydrogens (tertiary/aromatic N) is 1. The first-order valence-electron chi connectivity index (χ1n) is 4.14. The molecule has 6 nitrogen and oxygen atoms in total. The third-order valence-electron chi connectivity index (χ3n) is 2.00. The van der Waals surface area contributed by atoms with Crippen molar-refractivity contribution < 1.29 is 19.1 Å². The number of aryl methyl sites for hydroxylation is 1. The maximum atomic E-state index is 11.3. The van der Waals surface area contributed by atoms with Gasteiger partial charge in [-0.1, -0.05) is 0 Å². The van der Waals surface area contributed by atoms with Crippen molar-refractivity contribution >= 4 is 17.6 Å². The summed E-state index contributed by atoms with van der Waals surface area (Å²) in [4.78, 5) is 22.5. The van der Waals surface area contributed by atoms with Crippen molar-refractivity contribution in [3.8, 4) is 0 Å². The van der Waals surface area contributed by atoms with Gasteiger partial charge in [-0.2, -0.15) is 0 Å². The van der Waals surface area contributed by atoms with E-state index in [1.165, 1.54) is 25.0 Å². The third kappa shape index (κ3) is 1.78. The van der Waals surface area contributed by atoms with Crippen molar-refractivity contribution in [2.45, 2.75) is 0 Å². The number of hydrogen-bond acceptors (Lipinski definition) is 5. The molecule has 0 saturated heterocycles. The Morgan fingerprint density at radius 1 is 1.27 bits per heavy atom. The van der Waals surface area contributed by atoms with Crippen molar-refractivity contribution in [2.24, 2.45) is 7.05 Å². The molecule has 1 aromatic heterocycles. The van der Waals surface area contributed by atoms with E-state index >= 15 is 0 Å². The highest BCUT2D eigenvalue weighted by molar-refractivity contribution is 6.03. The lowest BCUT2D eigenvalue weighted by molar-refractivity contribution is 0.0589. The summed E-state index contributed by atoms with van der Waals surface area (Å²) in [6, 6.07) is 0. The molecule has 0 saturated carbocycles. The molecule has 1 heterocycles. The quantitative estimate of drug-likeness (QED) is 0.707. The van der Waals surface area contributed by atoms with Gasteiger partial charge in [0.1, 0.15) is 5.56 Å². The lowest BCUT2D eigenvalue weighted by Gasteiger charge is -2.01. The number of nitrogens with two attached hydrogens (primary N) is 1. The molecule has 0 bridgehead atoms. The van der Waals surface area contributed by atoms with Crippen LogP contribution in [0.3, 0.4) is 0 Å². The first-order valence-corrected chi connectivity index (χ1v) is 4.14. The van der Waals surface area contributed by atoms with Crippen molar-refractivity contribution in [1.82, 2.24) is 4.57 Å². The Balaban J connectivity index is 3.26. The lowest BCUT2D eigenvalue weighted by Crippen LogP contribution is -2.10. The Morgan fingerprint density at radius 3 is 2.27 bits per heavy atom. The summed E-state index contributed by atoms with van der Waals surface area (Å²) in [7, 11) is 4.08. The van der Waals surface area contributed by atoms with Gasteiger partial charge in [-0.3, -0.25) is 0 Å². The zero-order valence-corrected chi connectivity index (χ0v) is 8.73. The largest absolute Gasteiger partial charge is 0.465 e. The topological polar surface area (TPSA) is 83.5 Å². The molecule has 0 aromatic carbocycles. The van der Waals surface area contributed by atoms with E-state index in [0.29, 0.717) is 0 Å². The molecule has 0 aliphatic heterocycles. The van der Waals surface area contributed by atoms with Crippen LogP contribution >= 0.6 is 0 Å². The fraction of sp³-hybridized carbons (Fsp3) is 0.333. The smallest absolute Gasteiger partial charge is 0.356 e. The summed E-state index contributed by atoms with van der Waals surface area (Å²) in [5.41, 5.74) is 5.99. The van der Waals surface area contributed by atoms with Crippen LogP contribution in [0.25, 0.3) is 0 Å². The SMILES string of the molecule is COC(=O)c1cn(C)c(C(=O)OC)c1N. The van der Waals surface area contributed by atoms with E-state index in [1.54, 1.807) is 7.05 Å². The van der Waals surface area contributed by atoms with E-state index < -0.39 is 11.9 Å². The van der Waals surface area contributed by atoms with E-state index in [1.807, 2.05) is 0 Å². The molecule has 0 unspecified atom stereocenters. The second-order valence-electron chi connectivity index (χ2n) is 2.90. The predicted octanol–water partition coefficient (Wildman–Crippen LogP) is 0.180. The van der Waals surface area contributed by atoms with Gasteiger partial charge in [0.25, 0.3) is 0 Å². The minimum Gasteiger partial charge on any atom is -0.465 e. The van der Waals surface area contributed by atoms with Crippen LogP contribution in [0, 0.1) is 0 Å². The normalized spacial score (nSPS) is 9.80. The minimum absolute atomic E-state index is 0.0659. The summed E-state index contributed by atoms with van der Waals surface area (Å²) in [5.74, 6) is -1.18. The molecule has 82 valence electrons. The van der Waals surface area contributed by atoms with Crippen LogP contribution in [0.2, 0.25) is 0 Å². The Kier molecular flexibility index (Phi) is 2.99. The van der Waals surface area contributed by atoms with Crippen LogP contribution in [0.1, 0.15) is 20.8 Å². The molecular weight excluding hydrogens is 200 g/mol.